The highest BCUT2D eigenvalue weighted by Crippen LogP contribution is 2.20. The second-order valence-electron chi connectivity index (χ2n) is 3.31. The maximum Gasteiger partial charge on any atom is 0.120 e. The van der Waals surface area contributed by atoms with E-state index in [1.807, 2.05) is 51.9 Å². The molecule has 14 heavy (non-hydrogen) atoms. The molecule has 0 radical (unpaired) electrons. The third kappa shape index (κ3) is 3.79. The lowest BCUT2D eigenvalue weighted by atomic mass is 10.1. The van der Waals surface area contributed by atoms with Gasteiger partial charge in [-0.1, -0.05) is 26.0 Å². The van der Waals surface area contributed by atoms with E-state index in [9.17, 15) is 5.11 Å². The first-order chi connectivity index (χ1) is 6.61. The van der Waals surface area contributed by atoms with E-state index >= 15 is 0 Å². The molecule has 1 rings (SSSR count). The second-order valence-corrected chi connectivity index (χ2v) is 3.31. The van der Waals surface area contributed by atoms with Crippen LogP contribution in [0.15, 0.2) is 18.2 Å². The Kier molecular flexibility index (Phi) is 5.97. The average Bonchev–Trinajstić information content (AvgIpc) is 2.15. The maximum absolute atomic E-state index is 9.51. The summed E-state index contributed by atoms with van der Waals surface area (Å²) in [4.78, 5) is 2.04. The van der Waals surface area contributed by atoms with E-state index in [2.05, 4.69) is 0 Å². The molecule has 0 saturated heterocycles. The van der Waals surface area contributed by atoms with Crippen molar-refractivity contribution in [2.45, 2.75) is 27.3 Å². The molecule has 0 atom stereocenters. The van der Waals surface area contributed by atoms with E-state index in [1.165, 1.54) is 0 Å². The number of rotatable bonds is 2. The quantitative estimate of drug-likeness (QED) is 0.784. The van der Waals surface area contributed by atoms with Crippen LogP contribution >= 0.6 is 0 Å². The summed E-state index contributed by atoms with van der Waals surface area (Å²) in [5, 5.41) is 9.51. The van der Waals surface area contributed by atoms with Crippen molar-refractivity contribution >= 4 is 0 Å². The highest BCUT2D eigenvalue weighted by molar-refractivity contribution is 5.38. The lowest BCUT2D eigenvalue weighted by molar-refractivity contribution is 0.384. The summed E-state index contributed by atoms with van der Waals surface area (Å²) in [7, 11) is 3.98. The topological polar surface area (TPSA) is 23.5 Å². The van der Waals surface area contributed by atoms with E-state index in [4.69, 9.17) is 0 Å². The van der Waals surface area contributed by atoms with Crippen LogP contribution in [0.4, 0.5) is 0 Å². The number of benzene rings is 1. The minimum absolute atomic E-state index is 0.392. The Labute approximate surface area is 87.2 Å². The summed E-state index contributed by atoms with van der Waals surface area (Å²) in [5.41, 5.74) is 2.16. The largest absolute Gasteiger partial charge is 0.508 e. The zero-order valence-corrected chi connectivity index (χ0v) is 9.83. The van der Waals surface area contributed by atoms with Crippen LogP contribution in [0.5, 0.6) is 5.75 Å². The molecule has 0 saturated carbocycles. The van der Waals surface area contributed by atoms with Gasteiger partial charge in [-0.2, -0.15) is 0 Å². The summed E-state index contributed by atoms with van der Waals surface area (Å²) in [5.74, 6) is 0.392. The Morgan fingerprint density at radius 1 is 1.21 bits per heavy atom. The SMILES string of the molecule is CC.Cc1cccc(O)c1CN(C)C. The van der Waals surface area contributed by atoms with Crippen molar-refractivity contribution < 1.29 is 5.11 Å². The molecular weight excluding hydrogens is 174 g/mol. The van der Waals surface area contributed by atoms with Crippen molar-refractivity contribution in [1.82, 2.24) is 4.90 Å². The van der Waals surface area contributed by atoms with Crippen LogP contribution in [0.3, 0.4) is 0 Å². The highest BCUT2D eigenvalue weighted by Gasteiger charge is 2.04. The van der Waals surface area contributed by atoms with Gasteiger partial charge in [-0.3, -0.25) is 0 Å². The van der Waals surface area contributed by atoms with E-state index in [-0.39, 0.29) is 0 Å². The van der Waals surface area contributed by atoms with Crippen molar-refractivity contribution in [3.63, 3.8) is 0 Å². The molecule has 0 aliphatic carbocycles. The minimum Gasteiger partial charge on any atom is -0.508 e. The fourth-order valence-corrected chi connectivity index (χ4v) is 1.21. The van der Waals surface area contributed by atoms with Crippen molar-refractivity contribution in [1.29, 1.82) is 0 Å². The molecule has 0 aliphatic rings. The van der Waals surface area contributed by atoms with Crippen LogP contribution in [-0.4, -0.2) is 24.1 Å². The molecule has 2 nitrogen and oxygen atoms in total. The van der Waals surface area contributed by atoms with E-state index in [0.717, 1.165) is 17.7 Å². The van der Waals surface area contributed by atoms with Crippen LogP contribution < -0.4 is 0 Å². The normalized spacial score (nSPS) is 9.57. The summed E-state index contributed by atoms with van der Waals surface area (Å²) >= 11 is 0. The Balaban J connectivity index is 0.000000791. The van der Waals surface area contributed by atoms with Crippen molar-refractivity contribution in [2.24, 2.45) is 0 Å². The zero-order chi connectivity index (χ0) is 11.1. The molecule has 0 aromatic heterocycles. The monoisotopic (exact) mass is 195 g/mol. The Morgan fingerprint density at radius 3 is 2.21 bits per heavy atom. The number of hydrogen-bond acceptors (Lipinski definition) is 2. The highest BCUT2D eigenvalue weighted by atomic mass is 16.3. The van der Waals surface area contributed by atoms with Crippen molar-refractivity contribution in [3.8, 4) is 5.75 Å². The average molecular weight is 195 g/mol. The van der Waals surface area contributed by atoms with Crippen molar-refractivity contribution in [2.75, 3.05) is 14.1 Å². The number of nitrogens with zero attached hydrogens (tertiary/aromatic N) is 1. The third-order valence-electron chi connectivity index (χ3n) is 1.86. The van der Waals surface area contributed by atoms with E-state index in [1.54, 1.807) is 6.07 Å². The molecule has 0 unspecified atom stereocenters. The van der Waals surface area contributed by atoms with Gasteiger partial charge in [-0.15, -0.1) is 0 Å². The molecule has 0 spiro atoms. The lowest BCUT2D eigenvalue weighted by Crippen LogP contribution is -2.11. The number of phenolic OH excluding ortho intramolecular Hbond substituents is 1. The van der Waals surface area contributed by atoms with Gasteiger partial charge < -0.3 is 10.0 Å². The molecule has 0 fully saturated rings. The van der Waals surface area contributed by atoms with Gasteiger partial charge in [-0.05, 0) is 32.6 Å². The predicted octanol–water partition coefficient (Wildman–Crippen LogP) is 2.79. The van der Waals surface area contributed by atoms with Crippen LogP contribution in [0.25, 0.3) is 0 Å². The fourth-order valence-electron chi connectivity index (χ4n) is 1.21. The first-order valence-corrected chi connectivity index (χ1v) is 5.03. The standard InChI is InChI=1S/C10H15NO.C2H6/c1-8-5-4-6-10(12)9(8)7-11(2)3;1-2/h4-6,12H,7H2,1-3H3;1-2H3. The molecule has 0 aliphatic heterocycles. The van der Waals surface area contributed by atoms with Gasteiger partial charge in [0.2, 0.25) is 0 Å². The second kappa shape index (κ2) is 6.44. The summed E-state index contributed by atoms with van der Waals surface area (Å²) in [6.07, 6.45) is 0. The van der Waals surface area contributed by atoms with Gasteiger partial charge in [0.1, 0.15) is 5.75 Å². The van der Waals surface area contributed by atoms with Crippen LogP contribution in [-0.2, 0) is 6.54 Å². The first kappa shape index (κ1) is 13.0. The first-order valence-electron chi connectivity index (χ1n) is 5.03. The summed E-state index contributed by atoms with van der Waals surface area (Å²) in [6.45, 7) is 6.80. The summed E-state index contributed by atoms with van der Waals surface area (Å²) in [6, 6.07) is 5.61. The molecule has 80 valence electrons. The van der Waals surface area contributed by atoms with Gasteiger partial charge in [-0.25, -0.2) is 0 Å². The molecule has 0 bridgehead atoms. The Bertz CT molecular complexity index is 249. The third-order valence-corrected chi connectivity index (χ3v) is 1.86. The molecule has 0 amide bonds. The van der Waals surface area contributed by atoms with Crippen LogP contribution in [0.1, 0.15) is 25.0 Å². The lowest BCUT2D eigenvalue weighted by Gasteiger charge is -2.13. The Morgan fingerprint density at radius 2 is 1.79 bits per heavy atom. The Hall–Kier alpha value is -1.02. The van der Waals surface area contributed by atoms with Gasteiger partial charge in [0.25, 0.3) is 0 Å². The molecule has 2 heteroatoms. The van der Waals surface area contributed by atoms with Crippen LogP contribution in [0, 0.1) is 6.92 Å². The van der Waals surface area contributed by atoms with Gasteiger partial charge >= 0.3 is 0 Å². The minimum atomic E-state index is 0.392. The molecule has 0 heterocycles. The van der Waals surface area contributed by atoms with Crippen LogP contribution in [0.2, 0.25) is 0 Å². The van der Waals surface area contributed by atoms with E-state index < -0.39 is 0 Å². The predicted molar refractivity (Wildman–Crippen MR) is 61.6 cm³/mol. The number of aryl methyl sites for hydroxylation is 1. The number of phenols is 1. The van der Waals surface area contributed by atoms with Gasteiger partial charge in [0.05, 0.1) is 0 Å². The number of aromatic hydroxyl groups is 1. The molecule has 1 N–H and O–H groups in total. The van der Waals surface area contributed by atoms with Gasteiger partial charge in [0, 0.05) is 12.1 Å². The summed E-state index contributed by atoms with van der Waals surface area (Å²) < 4.78 is 0. The molecular formula is C12H21NO. The molecule has 1 aromatic carbocycles. The zero-order valence-electron chi connectivity index (χ0n) is 9.83. The fraction of sp³-hybridized carbons (Fsp3) is 0.500. The number of hydrogen-bond donors (Lipinski definition) is 1. The van der Waals surface area contributed by atoms with E-state index in [0.29, 0.717) is 5.75 Å². The van der Waals surface area contributed by atoms with Gasteiger partial charge in [0.15, 0.2) is 0 Å². The molecule has 1 aromatic rings. The maximum atomic E-state index is 9.51. The van der Waals surface area contributed by atoms with Crippen molar-refractivity contribution in [3.05, 3.63) is 29.3 Å². The smallest absolute Gasteiger partial charge is 0.120 e.